The summed E-state index contributed by atoms with van der Waals surface area (Å²) in [5.74, 6) is 0.877. The molecule has 2 aromatic heterocycles. The summed E-state index contributed by atoms with van der Waals surface area (Å²) in [5.41, 5.74) is 1.83. The highest BCUT2D eigenvalue weighted by Gasteiger charge is 2.16. The van der Waals surface area contributed by atoms with E-state index in [4.69, 9.17) is 0 Å². The van der Waals surface area contributed by atoms with Gasteiger partial charge in [-0.3, -0.25) is 14.6 Å². The highest BCUT2D eigenvalue weighted by molar-refractivity contribution is 5.76. The van der Waals surface area contributed by atoms with Crippen molar-refractivity contribution in [2.24, 2.45) is 5.92 Å². The smallest absolute Gasteiger partial charge is 0.254 e. The van der Waals surface area contributed by atoms with Gasteiger partial charge in [-0.1, -0.05) is 20.8 Å². The van der Waals surface area contributed by atoms with Crippen molar-refractivity contribution < 1.29 is 4.79 Å². The first kappa shape index (κ1) is 18.8. The van der Waals surface area contributed by atoms with Crippen molar-refractivity contribution in [2.75, 3.05) is 0 Å². The van der Waals surface area contributed by atoms with Crippen LogP contribution >= 0.6 is 0 Å². The molecule has 0 aromatic carbocycles. The third-order valence-corrected chi connectivity index (χ3v) is 4.37. The van der Waals surface area contributed by atoms with Crippen molar-refractivity contribution in [3.63, 3.8) is 0 Å². The van der Waals surface area contributed by atoms with Crippen LogP contribution in [0.4, 0.5) is 0 Å². The molecule has 0 aliphatic rings. The Morgan fingerprint density at radius 2 is 1.96 bits per heavy atom. The van der Waals surface area contributed by atoms with E-state index in [1.54, 1.807) is 31.5 Å². The molecule has 0 unspecified atom stereocenters. The first-order valence-electron chi connectivity index (χ1n) is 8.72. The predicted molar refractivity (Wildman–Crippen MR) is 98.2 cm³/mol. The molecule has 2 rings (SSSR count). The molecule has 1 atom stereocenters. The quantitative estimate of drug-likeness (QED) is 0.809. The number of carbonyl (C=O) groups excluding carboxylic acids is 1. The van der Waals surface area contributed by atoms with E-state index >= 15 is 0 Å². The number of hydrogen-bond acceptors (Lipinski definition) is 4. The van der Waals surface area contributed by atoms with Gasteiger partial charge in [-0.2, -0.15) is 0 Å². The van der Waals surface area contributed by atoms with Gasteiger partial charge in [-0.15, -0.1) is 0 Å². The molecule has 0 saturated carbocycles. The summed E-state index contributed by atoms with van der Waals surface area (Å²) >= 11 is 0. The summed E-state index contributed by atoms with van der Waals surface area (Å²) < 4.78 is 0. The Balaban J connectivity index is 2.08. The van der Waals surface area contributed by atoms with E-state index in [2.05, 4.69) is 41.0 Å². The molecule has 2 heterocycles. The van der Waals surface area contributed by atoms with Crippen molar-refractivity contribution in [3.8, 4) is 11.4 Å². The minimum Gasteiger partial charge on any atom is -0.353 e. The third-order valence-electron chi connectivity index (χ3n) is 4.37. The first-order valence-corrected chi connectivity index (χ1v) is 8.72. The summed E-state index contributed by atoms with van der Waals surface area (Å²) in [6.07, 6.45) is 4.86. The number of aromatic amines is 1. The van der Waals surface area contributed by atoms with E-state index in [1.807, 2.05) is 0 Å². The molecule has 2 N–H and O–H groups in total. The second kappa shape index (κ2) is 8.55. The lowest BCUT2D eigenvalue weighted by molar-refractivity contribution is -0.122. The molecule has 6 heteroatoms. The highest BCUT2D eigenvalue weighted by Crippen LogP contribution is 2.13. The number of nitrogens with one attached hydrogen (secondary N) is 2. The molecule has 0 bridgehead atoms. The maximum absolute atomic E-state index is 12.4. The average molecular weight is 342 g/mol. The van der Waals surface area contributed by atoms with E-state index in [1.165, 1.54) is 0 Å². The molecule has 2 aromatic rings. The summed E-state index contributed by atoms with van der Waals surface area (Å²) in [6.45, 7) is 8.04. The summed E-state index contributed by atoms with van der Waals surface area (Å²) in [7, 11) is 0. The normalized spacial score (nSPS) is 12.2. The van der Waals surface area contributed by atoms with Crippen molar-refractivity contribution in [1.82, 2.24) is 20.3 Å². The van der Waals surface area contributed by atoms with Gasteiger partial charge in [0.1, 0.15) is 5.82 Å². The van der Waals surface area contributed by atoms with Gasteiger partial charge in [-0.25, -0.2) is 4.98 Å². The van der Waals surface area contributed by atoms with E-state index < -0.39 is 0 Å². The molecule has 0 aliphatic heterocycles. The number of aromatic nitrogens is 3. The lowest BCUT2D eigenvalue weighted by Gasteiger charge is -2.20. The van der Waals surface area contributed by atoms with Gasteiger partial charge in [0.15, 0.2) is 0 Å². The van der Waals surface area contributed by atoms with Gasteiger partial charge in [0.05, 0.1) is 0 Å². The van der Waals surface area contributed by atoms with Crippen molar-refractivity contribution in [3.05, 3.63) is 46.1 Å². The zero-order valence-electron chi connectivity index (χ0n) is 15.3. The van der Waals surface area contributed by atoms with E-state index in [9.17, 15) is 9.59 Å². The number of nitrogens with zero attached hydrogens (tertiary/aromatic N) is 2. The Labute approximate surface area is 148 Å². The fourth-order valence-electron chi connectivity index (χ4n) is 2.81. The van der Waals surface area contributed by atoms with Crippen LogP contribution in [-0.2, 0) is 11.2 Å². The van der Waals surface area contributed by atoms with Crippen LogP contribution in [0, 0.1) is 12.8 Å². The molecule has 0 radical (unpaired) electrons. The van der Waals surface area contributed by atoms with Gasteiger partial charge >= 0.3 is 0 Å². The standard InChI is InChI=1S/C19H26N4O2/c1-5-16(12(2)3)22-17(24)7-6-15-13(4)21-18(23-19(15)25)14-8-10-20-11-9-14/h8-12,16H,5-7H2,1-4H3,(H,22,24)(H,21,23,25)/t16-/m0/s1. The second-order valence-corrected chi connectivity index (χ2v) is 6.54. The number of H-pyrrole nitrogens is 1. The molecule has 6 nitrogen and oxygen atoms in total. The Bertz CT molecular complexity index is 769. The molecular formula is C19H26N4O2. The summed E-state index contributed by atoms with van der Waals surface area (Å²) in [4.78, 5) is 35.8. The number of amides is 1. The maximum Gasteiger partial charge on any atom is 0.254 e. The molecule has 0 spiro atoms. The SMILES string of the molecule is CC[C@H](NC(=O)CCc1c(C)nc(-c2ccncc2)[nH]c1=O)C(C)C. The van der Waals surface area contributed by atoms with Crippen molar-refractivity contribution in [1.29, 1.82) is 0 Å². The third kappa shape index (κ3) is 4.98. The van der Waals surface area contributed by atoms with Crippen LogP contribution in [0.25, 0.3) is 11.4 Å². The van der Waals surface area contributed by atoms with Crippen LogP contribution in [0.1, 0.15) is 44.9 Å². The Morgan fingerprint density at radius 1 is 1.28 bits per heavy atom. The van der Waals surface area contributed by atoms with E-state index in [0.29, 0.717) is 29.4 Å². The highest BCUT2D eigenvalue weighted by atomic mass is 16.1. The van der Waals surface area contributed by atoms with E-state index in [-0.39, 0.29) is 23.9 Å². The molecular weight excluding hydrogens is 316 g/mol. The second-order valence-electron chi connectivity index (χ2n) is 6.54. The Kier molecular flexibility index (Phi) is 6.44. The minimum absolute atomic E-state index is 0.0300. The molecule has 0 aliphatic carbocycles. The van der Waals surface area contributed by atoms with Crippen LogP contribution in [0.3, 0.4) is 0 Å². The van der Waals surface area contributed by atoms with Crippen molar-refractivity contribution >= 4 is 5.91 Å². The molecule has 1 amide bonds. The van der Waals surface area contributed by atoms with Crippen LogP contribution in [0.5, 0.6) is 0 Å². The summed E-state index contributed by atoms with van der Waals surface area (Å²) in [6, 6.07) is 3.75. The summed E-state index contributed by atoms with van der Waals surface area (Å²) in [5, 5.41) is 3.03. The Morgan fingerprint density at radius 3 is 2.52 bits per heavy atom. The number of carbonyl (C=O) groups is 1. The topological polar surface area (TPSA) is 87.7 Å². The fourth-order valence-corrected chi connectivity index (χ4v) is 2.81. The number of rotatable bonds is 7. The van der Waals surface area contributed by atoms with Gasteiger partial charge in [0.2, 0.25) is 5.91 Å². The van der Waals surface area contributed by atoms with Crippen molar-refractivity contribution in [2.45, 2.75) is 53.0 Å². The van der Waals surface area contributed by atoms with Gasteiger partial charge in [0, 0.05) is 41.7 Å². The molecule has 0 saturated heterocycles. The lowest BCUT2D eigenvalue weighted by Crippen LogP contribution is -2.38. The number of aryl methyl sites for hydroxylation is 1. The van der Waals surface area contributed by atoms with E-state index in [0.717, 1.165) is 12.0 Å². The number of pyridine rings is 1. The first-order chi connectivity index (χ1) is 11.9. The van der Waals surface area contributed by atoms with Gasteiger partial charge in [0.25, 0.3) is 5.56 Å². The average Bonchev–Trinajstić information content (AvgIpc) is 2.59. The minimum atomic E-state index is -0.192. The van der Waals surface area contributed by atoms with Crippen LogP contribution in [0.2, 0.25) is 0 Å². The predicted octanol–water partition coefficient (Wildman–Crippen LogP) is 2.62. The largest absolute Gasteiger partial charge is 0.353 e. The fraction of sp³-hybridized carbons (Fsp3) is 0.474. The zero-order valence-corrected chi connectivity index (χ0v) is 15.3. The lowest BCUT2D eigenvalue weighted by atomic mass is 10.0. The van der Waals surface area contributed by atoms with Crippen LogP contribution in [0.15, 0.2) is 29.3 Å². The van der Waals surface area contributed by atoms with Crippen LogP contribution < -0.4 is 10.9 Å². The molecule has 0 fully saturated rings. The zero-order chi connectivity index (χ0) is 18.4. The number of hydrogen-bond donors (Lipinski definition) is 2. The monoisotopic (exact) mass is 342 g/mol. The maximum atomic E-state index is 12.4. The van der Waals surface area contributed by atoms with Gasteiger partial charge in [-0.05, 0) is 37.8 Å². The molecule has 134 valence electrons. The Hall–Kier alpha value is -2.50. The van der Waals surface area contributed by atoms with Crippen LogP contribution in [-0.4, -0.2) is 26.9 Å². The van der Waals surface area contributed by atoms with Gasteiger partial charge < -0.3 is 10.3 Å². The molecule has 25 heavy (non-hydrogen) atoms.